The molecule has 3 rings (SSSR count). The number of piperazine rings is 1. The molecule has 1 heterocycles. The molecule has 38 heavy (non-hydrogen) atoms. The Bertz CT molecular complexity index is 1150. The van der Waals surface area contributed by atoms with E-state index in [2.05, 4.69) is 10.2 Å². The van der Waals surface area contributed by atoms with Crippen LogP contribution < -0.4 is 19.7 Å². The lowest BCUT2D eigenvalue weighted by Gasteiger charge is -2.39. The van der Waals surface area contributed by atoms with Crippen molar-refractivity contribution in [3.8, 4) is 11.5 Å². The molecule has 8 nitrogen and oxygen atoms in total. The number of anilines is 2. The van der Waals surface area contributed by atoms with Crippen LogP contribution in [-0.4, -0.2) is 69.9 Å². The van der Waals surface area contributed by atoms with Gasteiger partial charge >= 0.3 is 12.1 Å². The summed E-state index contributed by atoms with van der Waals surface area (Å²) < 4.78 is 56.0. The first-order valence-electron chi connectivity index (χ1n) is 12.2. The van der Waals surface area contributed by atoms with Crippen molar-refractivity contribution in [2.75, 3.05) is 57.7 Å². The van der Waals surface area contributed by atoms with Crippen LogP contribution in [0.2, 0.25) is 0 Å². The smallest absolute Gasteiger partial charge is 0.416 e. The highest BCUT2D eigenvalue weighted by molar-refractivity contribution is 5.96. The number of nitrogens with one attached hydrogen (secondary N) is 1. The zero-order chi connectivity index (χ0) is 28.1. The molecule has 1 unspecified atom stereocenters. The topological polar surface area (TPSA) is 75.6 Å². The summed E-state index contributed by atoms with van der Waals surface area (Å²) in [7, 11) is 4.31. The minimum atomic E-state index is -4.53. The Balaban J connectivity index is 1.94. The minimum absolute atomic E-state index is 0.123. The summed E-state index contributed by atoms with van der Waals surface area (Å²) in [5.41, 5.74) is -0.605. The first kappa shape index (κ1) is 28.9. The minimum Gasteiger partial charge on any atom is -0.497 e. The molecule has 1 N–H and O–H groups in total. The molecule has 1 saturated heterocycles. The Hall–Kier alpha value is -3.63. The van der Waals surface area contributed by atoms with Gasteiger partial charge in [0.2, 0.25) is 0 Å². The number of hydrogen-bond acceptors (Lipinski definition) is 6. The predicted molar refractivity (Wildman–Crippen MR) is 141 cm³/mol. The average Bonchev–Trinajstić information content (AvgIpc) is 2.91. The number of ether oxygens (including phenoxy) is 3. The molecule has 11 heteroatoms. The van der Waals surface area contributed by atoms with Crippen molar-refractivity contribution < 1.29 is 32.2 Å². The third-order valence-corrected chi connectivity index (χ3v) is 6.78. The van der Waals surface area contributed by atoms with Gasteiger partial charge < -0.3 is 29.3 Å². The number of alkyl halides is 3. The fourth-order valence-corrected chi connectivity index (χ4v) is 4.10. The Labute approximate surface area is 221 Å². The number of hydrogen-bond donors (Lipinski definition) is 1. The third kappa shape index (κ3) is 6.81. The van der Waals surface area contributed by atoms with E-state index < -0.39 is 29.2 Å². The second kappa shape index (κ2) is 11.8. The SMILES string of the molecule is COC(=O)C(C)C(C)(C)N=C(Nc1cc(C(F)(F)F)ccc1OC)N1CCN(c2cccc(OC)c2)CC1. The van der Waals surface area contributed by atoms with E-state index >= 15 is 0 Å². The normalized spacial score (nSPS) is 15.7. The zero-order valence-electron chi connectivity index (χ0n) is 22.6. The number of halogens is 3. The van der Waals surface area contributed by atoms with Crippen LogP contribution in [-0.2, 0) is 15.7 Å². The van der Waals surface area contributed by atoms with Crippen LogP contribution in [0.15, 0.2) is 47.5 Å². The summed E-state index contributed by atoms with van der Waals surface area (Å²) in [6, 6.07) is 11.0. The van der Waals surface area contributed by atoms with E-state index in [1.807, 2.05) is 29.2 Å². The molecule has 0 saturated carbocycles. The van der Waals surface area contributed by atoms with Crippen molar-refractivity contribution in [2.24, 2.45) is 10.9 Å². The number of nitrogens with zero attached hydrogens (tertiary/aromatic N) is 3. The van der Waals surface area contributed by atoms with Crippen molar-refractivity contribution in [3.05, 3.63) is 48.0 Å². The van der Waals surface area contributed by atoms with Crippen molar-refractivity contribution >= 4 is 23.3 Å². The maximum atomic E-state index is 13.5. The summed E-state index contributed by atoms with van der Waals surface area (Å²) in [5, 5.41) is 3.08. The Morgan fingerprint density at radius 1 is 1.00 bits per heavy atom. The van der Waals surface area contributed by atoms with Crippen LogP contribution in [0.3, 0.4) is 0 Å². The molecule has 1 fully saturated rings. The molecule has 1 aliphatic rings. The summed E-state index contributed by atoms with van der Waals surface area (Å²) in [5.74, 6) is 0.292. The largest absolute Gasteiger partial charge is 0.497 e. The van der Waals surface area contributed by atoms with E-state index in [0.717, 1.165) is 23.6 Å². The Kier molecular flexibility index (Phi) is 9.01. The Morgan fingerprint density at radius 2 is 1.68 bits per heavy atom. The van der Waals surface area contributed by atoms with Gasteiger partial charge in [-0.05, 0) is 51.1 Å². The lowest BCUT2D eigenvalue weighted by atomic mass is 9.90. The highest BCUT2D eigenvalue weighted by Crippen LogP contribution is 2.35. The third-order valence-electron chi connectivity index (χ3n) is 6.78. The van der Waals surface area contributed by atoms with E-state index in [1.54, 1.807) is 27.9 Å². The van der Waals surface area contributed by atoms with Crippen molar-refractivity contribution in [3.63, 3.8) is 0 Å². The van der Waals surface area contributed by atoms with Crippen LogP contribution in [0.4, 0.5) is 24.5 Å². The maximum Gasteiger partial charge on any atom is 0.416 e. The number of esters is 1. The molecule has 2 aromatic carbocycles. The summed E-state index contributed by atoms with van der Waals surface area (Å²) in [6.07, 6.45) is -4.53. The fourth-order valence-electron chi connectivity index (χ4n) is 4.10. The van der Waals surface area contributed by atoms with Gasteiger partial charge in [-0.15, -0.1) is 0 Å². The van der Waals surface area contributed by atoms with Crippen LogP contribution in [0.5, 0.6) is 11.5 Å². The zero-order valence-corrected chi connectivity index (χ0v) is 22.6. The van der Waals surface area contributed by atoms with Gasteiger partial charge in [-0.25, -0.2) is 4.99 Å². The lowest BCUT2D eigenvalue weighted by Crippen LogP contribution is -2.52. The molecule has 0 bridgehead atoms. The van der Waals surface area contributed by atoms with Crippen LogP contribution in [0.1, 0.15) is 26.3 Å². The molecule has 2 aromatic rings. The number of guanidine groups is 1. The van der Waals surface area contributed by atoms with Gasteiger partial charge in [0.25, 0.3) is 0 Å². The van der Waals surface area contributed by atoms with Gasteiger partial charge in [-0.2, -0.15) is 13.2 Å². The standard InChI is InChI=1S/C27H35F3N4O4/c1-18(24(35)38-6)26(2,3)32-25(31-22-16-19(27(28,29)30)10-11-23(22)37-5)34-14-12-33(13-15-34)20-8-7-9-21(17-20)36-4/h7-11,16-18H,12-15H2,1-6H3,(H,31,32). The van der Waals surface area contributed by atoms with Gasteiger partial charge in [-0.3, -0.25) is 4.79 Å². The molecular formula is C27H35F3N4O4. The molecular weight excluding hydrogens is 501 g/mol. The fraction of sp³-hybridized carbons (Fsp3) is 0.481. The second-order valence-electron chi connectivity index (χ2n) is 9.55. The maximum absolute atomic E-state index is 13.5. The van der Waals surface area contributed by atoms with Crippen LogP contribution in [0.25, 0.3) is 0 Å². The van der Waals surface area contributed by atoms with Gasteiger partial charge in [0.05, 0.1) is 44.0 Å². The molecule has 1 aliphatic heterocycles. The Morgan fingerprint density at radius 3 is 2.26 bits per heavy atom. The quantitative estimate of drug-likeness (QED) is 0.307. The van der Waals surface area contributed by atoms with Gasteiger partial charge in [-0.1, -0.05) is 6.07 Å². The summed E-state index contributed by atoms with van der Waals surface area (Å²) in [6.45, 7) is 7.62. The second-order valence-corrected chi connectivity index (χ2v) is 9.55. The number of aliphatic imine (C=N–C) groups is 1. The molecule has 1 atom stereocenters. The molecule has 208 valence electrons. The molecule has 0 radical (unpaired) electrons. The van der Waals surface area contributed by atoms with E-state index in [9.17, 15) is 18.0 Å². The van der Waals surface area contributed by atoms with Gasteiger partial charge in [0, 0.05) is 37.9 Å². The lowest BCUT2D eigenvalue weighted by molar-refractivity contribution is -0.146. The number of methoxy groups -OCH3 is 3. The predicted octanol–water partition coefficient (Wildman–Crippen LogP) is 4.90. The summed E-state index contributed by atoms with van der Waals surface area (Å²) >= 11 is 0. The van der Waals surface area contributed by atoms with E-state index in [-0.39, 0.29) is 11.4 Å². The van der Waals surface area contributed by atoms with Crippen molar-refractivity contribution in [1.82, 2.24) is 4.90 Å². The van der Waals surface area contributed by atoms with Gasteiger partial charge in [0.1, 0.15) is 11.5 Å². The van der Waals surface area contributed by atoms with Crippen LogP contribution >= 0.6 is 0 Å². The molecule has 0 spiro atoms. The van der Waals surface area contributed by atoms with Gasteiger partial charge in [0.15, 0.2) is 5.96 Å². The summed E-state index contributed by atoms with van der Waals surface area (Å²) in [4.78, 5) is 21.3. The van der Waals surface area contributed by atoms with E-state index in [0.29, 0.717) is 32.1 Å². The average molecular weight is 537 g/mol. The molecule has 0 amide bonds. The van der Waals surface area contributed by atoms with Crippen molar-refractivity contribution in [1.29, 1.82) is 0 Å². The van der Waals surface area contributed by atoms with E-state index in [4.69, 9.17) is 19.2 Å². The number of rotatable bonds is 7. The van der Waals surface area contributed by atoms with E-state index in [1.165, 1.54) is 20.3 Å². The number of carbonyl (C=O) groups excluding carboxylic acids is 1. The number of carbonyl (C=O) groups is 1. The van der Waals surface area contributed by atoms with Crippen LogP contribution in [0, 0.1) is 5.92 Å². The monoisotopic (exact) mass is 536 g/mol. The number of benzene rings is 2. The van der Waals surface area contributed by atoms with Crippen molar-refractivity contribution in [2.45, 2.75) is 32.5 Å². The highest BCUT2D eigenvalue weighted by Gasteiger charge is 2.35. The molecule has 0 aromatic heterocycles. The first-order valence-corrected chi connectivity index (χ1v) is 12.2. The first-order chi connectivity index (χ1) is 17.9. The molecule has 0 aliphatic carbocycles. The highest BCUT2D eigenvalue weighted by atomic mass is 19.4.